The summed E-state index contributed by atoms with van der Waals surface area (Å²) in [6.45, 7) is 8.56. The van der Waals surface area contributed by atoms with Gasteiger partial charge in [-0.15, -0.1) is 0 Å². The normalized spacial score (nSPS) is 18.0. The Labute approximate surface area is 127 Å². The first-order chi connectivity index (χ1) is 10.0. The molecule has 1 aromatic carbocycles. The molecule has 1 saturated heterocycles. The van der Waals surface area contributed by atoms with Gasteiger partial charge in [-0.25, -0.2) is 4.39 Å². The Bertz CT molecular complexity index is 452. The first kappa shape index (κ1) is 16.2. The zero-order chi connectivity index (χ0) is 15.3. The van der Waals surface area contributed by atoms with E-state index in [1.54, 1.807) is 19.2 Å². The fraction of sp³-hybridized carbons (Fsp3) is 0.647. The quantitative estimate of drug-likeness (QED) is 0.816. The number of hydrogen-bond donors (Lipinski definition) is 1. The number of methoxy groups -OCH3 is 1. The van der Waals surface area contributed by atoms with Crippen molar-refractivity contribution in [3.8, 4) is 0 Å². The molecule has 1 aliphatic heterocycles. The summed E-state index contributed by atoms with van der Waals surface area (Å²) >= 11 is 0. The third kappa shape index (κ3) is 4.42. The Kier molecular flexibility index (Phi) is 5.59. The van der Waals surface area contributed by atoms with Crippen LogP contribution in [0.3, 0.4) is 0 Å². The molecule has 0 aliphatic carbocycles. The van der Waals surface area contributed by atoms with Gasteiger partial charge in [-0.05, 0) is 29.9 Å². The number of ether oxygens (including phenoxy) is 1. The second-order valence-corrected chi connectivity index (χ2v) is 6.57. The van der Waals surface area contributed by atoms with Crippen LogP contribution in [0.25, 0.3) is 0 Å². The maximum absolute atomic E-state index is 14.3. The van der Waals surface area contributed by atoms with Gasteiger partial charge in [-0.2, -0.15) is 0 Å². The molecule has 0 radical (unpaired) electrons. The van der Waals surface area contributed by atoms with Crippen LogP contribution in [0, 0.1) is 11.2 Å². The van der Waals surface area contributed by atoms with Crippen LogP contribution >= 0.6 is 0 Å². The number of benzene rings is 1. The molecule has 1 aromatic rings. The number of rotatable bonds is 6. The number of nitrogens with zero attached hydrogens (tertiary/aromatic N) is 1. The van der Waals surface area contributed by atoms with Gasteiger partial charge >= 0.3 is 0 Å². The molecule has 3 nitrogen and oxygen atoms in total. The molecule has 1 fully saturated rings. The first-order valence-corrected chi connectivity index (χ1v) is 7.75. The highest BCUT2D eigenvalue weighted by Gasteiger charge is 2.27. The van der Waals surface area contributed by atoms with Gasteiger partial charge in [0.25, 0.3) is 0 Å². The second-order valence-electron chi connectivity index (χ2n) is 6.57. The van der Waals surface area contributed by atoms with Gasteiger partial charge in [0.1, 0.15) is 5.82 Å². The third-order valence-corrected chi connectivity index (χ3v) is 4.30. The lowest BCUT2D eigenvalue weighted by Gasteiger charge is -2.39. The van der Waals surface area contributed by atoms with E-state index in [1.807, 2.05) is 6.07 Å². The van der Waals surface area contributed by atoms with Gasteiger partial charge in [0.15, 0.2) is 0 Å². The molecule has 1 heterocycles. The summed E-state index contributed by atoms with van der Waals surface area (Å²) in [6.07, 6.45) is 2.22. The van der Waals surface area contributed by atoms with Crippen molar-refractivity contribution in [1.29, 1.82) is 0 Å². The van der Waals surface area contributed by atoms with E-state index in [1.165, 1.54) is 0 Å². The third-order valence-electron chi connectivity index (χ3n) is 4.30. The topological polar surface area (TPSA) is 24.5 Å². The van der Waals surface area contributed by atoms with Gasteiger partial charge in [0.2, 0.25) is 0 Å². The van der Waals surface area contributed by atoms with Crippen molar-refractivity contribution in [2.45, 2.75) is 33.2 Å². The van der Waals surface area contributed by atoms with E-state index >= 15 is 0 Å². The molecule has 0 unspecified atom stereocenters. The molecular weight excluding hydrogens is 267 g/mol. The Balaban J connectivity index is 2.07. The van der Waals surface area contributed by atoms with E-state index in [2.05, 4.69) is 24.1 Å². The lowest BCUT2D eigenvalue weighted by atomic mass is 9.82. The smallest absolute Gasteiger partial charge is 0.146 e. The molecule has 1 N–H and O–H groups in total. The van der Waals surface area contributed by atoms with Crippen molar-refractivity contribution in [3.63, 3.8) is 0 Å². The minimum absolute atomic E-state index is 0.110. The predicted molar refractivity (Wildman–Crippen MR) is 85.2 cm³/mol. The van der Waals surface area contributed by atoms with Crippen LogP contribution in [0.15, 0.2) is 18.2 Å². The van der Waals surface area contributed by atoms with Crippen molar-refractivity contribution >= 4 is 5.69 Å². The van der Waals surface area contributed by atoms with Crippen LogP contribution < -0.4 is 10.2 Å². The number of halogens is 1. The van der Waals surface area contributed by atoms with Crippen LogP contribution in [0.2, 0.25) is 0 Å². The summed E-state index contributed by atoms with van der Waals surface area (Å²) in [6, 6.07) is 5.37. The summed E-state index contributed by atoms with van der Waals surface area (Å²) in [7, 11) is 1.69. The summed E-state index contributed by atoms with van der Waals surface area (Å²) < 4.78 is 19.3. The molecule has 4 heteroatoms. The Morgan fingerprint density at radius 1 is 1.29 bits per heavy atom. The van der Waals surface area contributed by atoms with Crippen LogP contribution in [0.4, 0.5) is 10.1 Å². The molecule has 21 heavy (non-hydrogen) atoms. The van der Waals surface area contributed by atoms with E-state index in [4.69, 9.17) is 4.74 Å². The summed E-state index contributed by atoms with van der Waals surface area (Å²) in [5.41, 5.74) is 2.18. The van der Waals surface area contributed by atoms with Crippen LogP contribution in [-0.2, 0) is 11.3 Å². The molecule has 0 spiro atoms. The fourth-order valence-corrected chi connectivity index (χ4v) is 2.79. The van der Waals surface area contributed by atoms with Crippen molar-refractivity contribution in [3.05, 3.63) is 29.6 Å². The van der Waals surface area contributed by atoms with Gasteiger partial charge in [-0.3, -0.25) is 0 Å². The van der Waals surface area contributed by atoms with E-state index in [9.17, 15) is 4.39 Å². The number of para-hydroxylation sites is 1. The number of hydrogen-bond acceptors (Lipinski definition) is 3. The number of anilines is 1. The largest absolute Gasteiger partial charge is 0.383 e. The second kappa shape index (κ2) is 7.23. The van der Waals surface area contributed by atoms with Gasteiger partial charge < -0.3 is 15.0 Å². The molecule has 0 aromatic heterocycles. The van der Waals surface area contributed by atoms with Crippen LogP contribution in [0.1, 0.15) is 32.3 Å². The zero-order valence-corrected chi connectivity index (χ0v) is 13.4. The maximum Gasteiger partial charge on any atom is 0.146 e. The zero-order valence-electron chi connectivity index (χ0n) is 13.4. The highest BCUT2D eigenvalue weighted by Crippen LogP contribution is 2.34. The average Bonchev–Trinajstić information content (AvgIpc) is 2.45. The van der Waals surface area contributed by atoms with Crippen LogP contribution in [0.5, 0.6) is 0 Å². The maximum atomic E-state index is 14.3. The average molecular weight is 294 g/mol. The van der Waals surface area contributed by atoms with E-state index in [0.29, 0.717) is 18.6 Å². The molecule has 1 aliphatic rings. The van der Waals surface area contributed by atoms with Crippen molar-refractivity contribution in [1.82, 2.24) is 5.32 Å². The molecule has 118 valence electrons. The lowest BCUT2D eigenvalue weighted by molar-refractivity contribution is 0.199. The molecule has 2 rings (SSSR count). The first-order valence-electron chi connectivity index (χ1n) is 7.75. The SMILES string of the molecule is COCCNCc1cccc(F)c1N1CCC(C)(C)CC1. The standard InChI is InChI=1S/C17H27FN2O/c1-17(2)7-10-20(11-8-17)16-14(5-4-6-15(16)18)13-19-9-12-21-3/h4-6,19H,7-13H2,1-3H3. The van der Waals surface area contributed by atoms with Crippen molar-refractivity contribution in [2.75, 3.05) is 38.3 Å². The highest BCUT2D eigenvalue weighted by molar-refractivity contribution is 5.55. The van der Waals surface area contributed by atoms with Crippen LogP contribution in [-0.4, -0.2) is 33.4 Å². The monoisotopic (exact) mass is 294 g/mol. The van der Waals surface area contributed by atoms with Crippen molar-refractivity contribution < 1.29 is 9.13 Å². The van der Waals surface area contributed by atoms with Gasteiger partial charge in [-0.1, -0.05) is 26.0 Å². The Morgan fingerprint density at radius 3 is 2.67 bits per heavy atom. The molecule has 0 saturated carbocycles. The minimum Gasteiger partial charge on any atom is -0.383 e. The Morgan fingerprint density at radius 2 is 2.00 bits per heavy atom. The van der Waals surface area contributed by atoms with Crippen molar-refractivity contribution in [2.24, 2.45) is 5.41 Å². The molecule has 0 amide bonds. The summed E-state index contributed by atoms with van der Waals surface area (Å²) in [5.74, 6) is -0.110. The molecule has 0 atom stereocenters. The fourth-order valence-electron chi connectivity index (χ4n) is 2.79. The number of piperidine rings is 1. The van der Waals surface area contributed by atoms with E-state index in [-0.39, 0.29) is 5.82 Å². The van der Waals surface area contributed by atoms with Gasteiger partial charge in [0, 0.05) is 33.3 Å². The predicted octanol–water partition coefficient (Wildman–Crippen LogP) is 3.19. The molecule has 0 bridgehead atoms. The molecular formula is C17H27FN2O. The van der Waals surface area contributed by atoms with Gasteiger partial charge in [0.05, 0.1) is 12.3 Å². The lowest BCUT2D eigenvalue weighted by Crippen LogP contribution is -2.38. The highest BCUT2D eigenvalue weighted by atomic mass is 19.1. The summed E-state index contributed by atoms with van der Waals surface area (Å²) in [5, 5.41) is 3.31. The van der Waals surface area contributed by atoms with E-state index in [0.717, 1.165) is 43.7 Å². The summed E-state index contributed by atoms with van der Waals surface area (Å²) in [4.78, 5) is 2.20. The Hall–Kier alpha value is -1.13. The number of nitrogens with one attached hydrogen (secondary N) is 1. The minimum atomic E-state index is -0.110. The van der Waals surface area contributed by atoms with E-state index < -0.39 is 0 Å².